The van der Waals surface area contributed by atoms with Gasteiger partial charge in [0.15, 0.2) is 0 Å². The number of rotatable bonds is 8. The zero-order valence-electron chi connectivity index (χ0n) is 19.8. The second-order valence-electron chi connectivity index (χ2n) is 8.41. The number of carbonyl (C=O) groups excluding carboxylic acids is 2. The van der Waals surface area contributed by atoms with E-state index in [1.165, 1.54) is 43.4 Å². The average molecular weight is 485 g/mol. The molecule has 9 heteroatoms. The third-order valence-electron chi connectivity index (χ3n) is 6.37. The number of benzene rings is 2. The van der Waals surface area contributed by atoms with E-state index < -0.39 is 23.5 Å². The highest BCUT2D eigenvalue weighted by Gasteiger charge is 2.46. The van der Waals surface area contributed by atoms with Gasteiger partial charge in [-0.1, -0.05) is 0 Å². The van der Waals surface area contributed by atoms with Gasteiger partial charge in [0.05, 0.1) is 39.0 Å². The van der Waals surface area contributed by atoms with Crippen molar-refractivity contribution in [3.05, 3.63) is 65.0 Å². The van der Waals surface area contributed by atoms with Crippen LogP contribution >= 0.6 is 0 Å². The summed E-state index contributed by atoms with van der Waals surface area (Å²) in [6.07, 6.45) is 0.637. The van der Waals surface area contributed by atoms with Gasteiger partial charge in [0.2, 0.25) is 0 Å². The minimum Gasteiger partial charge on any atom is -0.507 e. The van der Waals surface area contributed by atoms with Gasteiger partial charge in [0, 0.05) is 43.4 Å². The van der Waals surface area contributed by atoms with Crippen LogP contribution in [0.15, 0.2) is 48.0 Å². The molecule has 2 aromatic carbocycles. The van der Waals surface area contributed by atoms with E-state index in [1.54, 1.807) is 18.2 Å². The van der Waals surface area contributed by atoms with Crippen LogP contribution in [0.2, 0.25) is 0 Å². The zero-order chi connectivity index (χ0) is 24.9. The van der Waals surface area contributed by atoms with E-state index in [0.717, 1.165) is 19.6 Å². The number of likely N-dealkylation sites (tertiary alicyclic amines) is 1. The predicted molar refractivity (Wildman–Crippen MR) is 127 cm³/mol. The molecule has 2 saturated heterocycles. The molecule has 1 amide bonds. The average Bonchev–Trinajstić information content (AvgIpc) is 3.13. The van der Waals surface area contributed by atoms with Crippen LogP contribution in [0.25, 0.3) is 5.76 Å². The molecule has 1 N–H and O–H groups in total. The number of carbonyl (C=O) groups is 2. The Hall–Kier alpha value is -3.43. The summed E-state index contributed by atoms with van der Waals surface area (Å²) < 4.78 is 29.7. The van der Waals surface area contributed by atoms with E-state index in [0.29, 0.717) is 43.2 Å². The molecular formula is C26H29FN2O6. The van der Waals surface area contributed by atoms with Crippen molar-refractivity contribution in [3.63, 3.8) is 0 Å². The minimum atomic E-state index is -0.870. The molecule has 35 heavy (non-hydrogen) atoms. The fourth-order valence-corrected chi connectivity index (χ4v) is 4.53. The number of nitrogens with zero attached hydrogens (tertiary/aromatic N) is 2. The van der Waals surface area contributed by atoms with Gasteiger partial charge in [0.25, 0.3) is 11.7 Å². The second-order valence-corrected chi connectivity index (χ2v) is 8.41. The summed E-state index contributed by atoms with van der Waals surface area (Å²) >= 11 is 0. The smallest absolute Gasteiger partial charge is 0.295 e. The monoisotopic (exact) mass is 484 g/mol. The van der Waals surface area contributed by atoms with Crippen LogP contribution in [0.1, 0.15) is 23.6 Å². The first-order valence-electron chi connectivity index (χ1n) is 11.5. The quantitative estimate of drug-likeness (QED) is 0.350. The molecule has 8 nitrogen and oxygen atoms in total. The Balaban J connectivity index is 1.73. The van der Waals surface area contributed by atoms with Crippen LogP contribution < -0.4 is 9.47 Å². The molecule has 2 aliphatic rings. The number of halogens is 1. The maximum absolute atomic E-state index is 13.5. The van der Waals surface area contributed by atoms with Gasteiger partial charge in [0.1, 0.15) is 23.1 Å². The van der Waals surface area contributed by atoms with E-state index in [1.807, 2.05) is 0 Å². The number of aliphatic hydroxyl groups is 1. The van der Waals surface area contributed by atoms with Crippen molar-refractivity contribution in [2.75, 3.05) is 53.6 Å². The van der Waals surface area contributed by atoms with Gasteiger partial charge in [-0.25, -0.2) is 4.39 Å². The summed E-state index contributed by atoms with van der Waals surface area (Å²) in [6, 6.07) is 9.36. The lowest BCUT2D eigenvalue weighted by Gasteiger charge is -2.29. The third kappa shape index (κ3) is 5.16. The van der Waals surface area contributed by atoms with Crippen molar-refractivity contribution in [3.8, 4) is 11.5 Å². The zero-order valence-corrected chi connectivity index (χ0v) is 19.8. The van der Waals surface area contributed by atoms with Crippen molar-refractivity contribution in [2.24, 2.45) is 0 Å². The Morgan fingerprint density at radius 2 is 1.77 bits per heavy atom. The summed E-state index contributed by atoms with van der Waals surface area (Å²) in [5.41, 5.74) is 0.731. The topological polar surface area (TPSA) is 88.5 Å². The summed E-state index contributed by atoms with van der Waals surface area (Å²) in [5, 5.41) is 11.1. The fourth-order valence-electron chi connectivity index (χ4n) is 4.53. The first kappa shape index (κ1) is 24.7. The molecule has 0 spiro atoms. The van der Waals surface area contributed by atoms with E-state index >= 15 is 0 Å². The molecule has 0 saturated carbocycles. The number of hydrogen-bond donors (Lipinski definition) is 1. The van der Waals surface area contributed by atoms with Crippen LogP contribution in [0.4, 0.5) is 4.39 Å². The molecule has 186 valence electrons. The number of Topliss-reactive ketones (excluding diaryl/α,β-unsaturated/α-hetero) is 1. The number of morpholine rings is 1. The van der Waals surface area contributed by atoms with Crippen LogP contribution in [-0.2, 0) is 14.3 Å². The van der Waals surface area contributed by atoms with E-state index in [4.69, 9.17) is 14.2 Å². The standard InChI is InChI=1S/C26H29FN2O6/c1-33-19-8-9-20(21(16-19)34-2)23-22(24(30)17-4-6-18(27)7-5-17)25(31)26(32)29(23)11-3-10-28-12-14-35-15-13-28/h4-9,16,23,30H,3,10-15H2,1-2H3/b24-22+/t23-/m0/s1. The van der Waals surface area contributed by atoms with Crippen LogP contribution in [0.3, 0.4) is 0 Å². The largest absolute Gasteiger partial charge is 0.507 e. The van der Waals surface area contributed by atoms with Gasteiger partial charge in [-0.15, -0.1) is 0 Å². The van der Waals surface area contributed by atoms with Gasteiger partial charge < -0.3 is 24.2 Å². The van der Waals surface area contributed by atoms with Crippen LogP contribution in [0, 0.1) is 5.82 Å². The number of amides is 1. The lowest BCUT2D eigenvalue weighted by Crippen LogP contribution is -2.39. The van der Waals surface area contributed by atoms with Crippen LogP contribution in [-0.4, -0.2) is 80.2 Å². The first-order chi connectivity index (χ1) is 16.9. The Morgan fingerprint density at radius 1 is 1.06 bits per heavy atom. The highest BCUT2D eigenvalue weighted by Crippen LogP contribution is 2.43. The highest BCUT2D eigenvalue weighted by molar-refractivity contribution is 6.46. The summed E-state index contributed by atoms with van der Waals surface area (Å²) in [6.45, 7) is 4.04. The molecular weight excluding hydrogens is 455 g/mol. The Kier molecular flexibility index (Phi) is 7.67. The number of ketones is 1. The van der Waals surface area contributed by atoms with Crippen LogP contribution in [0.5, 0.6) is 11.5 Å². The molecule has 0 aliphatic carbocycles. The molecule has 0 aromatic heterocycles. The molecule has 2 fully saturated rings. The number of hydrogen-bond acceptors (Lipinski definition) is 7. The van der Waals surface area contributed by atoms with Gasteiger partial charge in [-0.05, 0) is 42.8 Å². The van der Waals surface area contributed by atoms with Gasteiger partial charge >= 0.3 is 0 Å². The second kappa shape index (κ2) is 10.9. The molecule has 2 heterocycles. The maximum Gasteiger partial charge on any atom is 0.295 e. The molecule has 0 radical (unpaired) electrons. The molecule has 0 unspecified atom stereocenters. The lowest BCUT2D eigenvalue weighted by molar-refractivity contribution is -0.140. The van der Waals surface area contributed by atoms with Crippen molar-refractivity contribution < 1.29 is 33.3 Å². The number of aliphatic hydroxyl groups excluding tert-OH is 1. The first-order valence-corrected chi connectivity index (χ1v) is 11.5. The van der Waals surface area contributed by atoms with Gasteiger partial charge in [-0.2, -0.15) is 0 Å². The Morgan fingerprint density at radius 3 is 2.43 bits per heavy atom. The predicted octanol–water partition coefficient (Wildman–Crippen LogP) is 2.99. The Bertz CT molecular complexity index is 1110. The van der Waals surface area contributed by atoms with Crippen molar-refractivity contribution in [1.82, 2.24) is 9.80 Å². The molecule has 0 bridgehead atoms. The maximum atomic E-state index is 13.5. The summed E-state index contributed by atoms with van der Waals surface area (Å²) in [7, 11) is 3.02. The lowest BCUT2D eigenvalue weighted by atomic mass is 9.94. The number of ether oxygens (including phenoxy) is 3. The normalized spacial score (nSPS) is 20.3. The molecule has 1 atom stereocenters. The molecule has 4 rings (SSSR count). The van der Waals surface area contributed by atoms with E-state index in [9.17, 15) is 19.1 Å². The van der Waals surface area contributed by atoms with Crippen molar-refractivity contribution >= 4 is 17.4 Å². The third-order valence-corrected chi connectivity index (χ3v) is 6.37. The molecule has 2 aromatic rings. The fraction of sp³-hybridized carbons (Fsp3) is 0.385. The van der Waals surface area contributed by atoms with Gasteiger partial charge in [-0.3, -0.25) is 14.5 Å². The molecule has 2 aliphatic heterocycles. The Labute approximate surface area is 203 Å². The summed E-state index contributed by atoms with van der Waals surface area (Å²) in [4.78, 5) is 30.1. The van der Waals surface area contributed by atoms with Crippen molar-refractivity contribution in [2.45, 2.75) is 12.5 Å². The number of methoxy groups -OCH3 is 2. The SMILES string of the molecule is COc1ccc([C@H]2/C(=C(\O)c3ccc(F)cc3)C(=O)C(=O)N2CCCN2CCOCC2)c(OC)c1. The summed E-state index contributed by atoms with van der Waals surface area (Å²) in [5.74, 6) is -1.35. The highest BCUT2D eigenvalue weighted by atomic mass is 19.1. The van der Waals surface area contributed by atoms with E-state index in [-0.39, 0.29) is 16.9 Å². The minimum absolute atomic E-state index is 0.0588. The van der Waals surface area contributed by atoms with Crippen molar-refractivity contribution in [1.29, 1.82) is 0 Å². The van der Waals surface area contributed by atoms with E-state index in [2.05, 4.69) is 4.90 Å².